The smallest absolute Gasteiger partial charge is 0.309 e. The molecule has 0 heterocycles. The van der Waals surface area contributed by atoms with Crippen molar-refractivity contribution in [1.29, 1.82) is 0 Å². The Balaban J connectivity index is 2.72. The van der Waals surface area contributed by atoms with E-state index < -0.39 is 10.0 Å². The molecule has 0 aliphatic rings. The average molecular weight is 286 g/mol. The fourth-order valence-corrected chi connectivity index (χ4v) is 2.49. The molecule has 0 spiro atoms. The first kappa shape index (κ1) is 15.6. The normalized spacial score (nSPS) is 11.3. The van der Waals surface area contributed by atoms with Gasteiger partial charge < -0.3 is 10.5 Å². The molecule has 106 valence electrons. The molecule has 0 aliphatic carbocycles. The van der Waals surface area contributed by atoms with E-state index in [4.69, 9.17) is 5.73 Å². The molecule has 19 heavy (non-hydrogen) atoms. The Morgan fingerprint density at radius 1 is 1.32 bits per heavy atom. The van der Waals surface area contributed by atoms with Crippen molar-refractivity contribution in [2.24, 2.45) is 5.73 Å². The molecule has 0 atom stereocenters. The van der Waals surface area contributed by atoms with E-state index in [-0.39, 0.29) is 17.3 Å². The van der Waals surface area contributed by atoms with Crippen LogP contribution in [0.25, 0.3) is 0 Å². The summed E-state index contributed by atoms with van der Waals surface area (Å²) in [4.78, 5) is 11.2. The summed E-state index contributed by atoms with van der Waals surface area (Å²) in [6.07, 6.45) is 0.705. The van der Waals surface area contributed by atoms with Crippen LogP contribution >= 0.6 is 0 Å². The van der Waals surface area contributed by atoms with E-state index in [1.54, 1.807) is 12.1 Å². The number of nitrogens with one attached hydrogen (secondary N) is 1. The SMILES string of the molecule is COC(=O)Cc1ccc(S(=O)(=O)NCCCN)cc1. The summed E-state index contributed by atoms with van der Waals surface area (Å²) in [5.41, 5.74) is 6.00. The summed E-state index contributed by atoms with van der Waals surface area (Å²) in [5.74, 6) is -0.364. The molecule has 6 nitrogen and oxygen atoms in total. The monoisotopic (exact) mass is 286 g/mol. The lowest BCUT2D eigenvalue weighted by Gasteiger charge is -2.07. The van der Waals surface area contributed by atoms with Crippen LogP contribution < -0.4 is 10.5 Å². The van der Waals surface area contributed by atoms with Crippen LogP contribution in [0.3, 0.4) is 0 Å². The summed E-state index contributed by atoms with van der Waals surface area (Å²) in [6, 6.07) is 6.11. The highest BCUT2D eigenvalue weighted by Gasteiger charge is 2.13. The van der Waals surface area contributed by atoms with Crippen LogP contribution in [0.5, 0.6) is 0 Å². The molecule has 0 amide bonds. The van der Waals surface area contributed by atoms with Crippen LogP contribution in [0.2, 0.25) is 0 Å². The first-order chi connectivity index (χ1) is 8.99. The molecule has 1 rings (SSSR count). The lowest BCUT2D eigenvalue weighted by molar-refractivity contribution is -0.139. The van der Waals surface area contributed by atoms with Crippen molar-refractivity contribution in [1.82, 2.24) is 4.72 Å². The number of hydrogen-bond donors (Lipinski definition) is 2. The number of ether oxygens (including phenoxy) is 1. The number of hydrogen-bond acceptors (Lipinski definition) is 5. The number of rotatable bonds is 7. The molecule has 0 aromatic heterocycles. The maximum absolute atomic E-state index is 11.9. The predicted molar refractivity (Wildman–Crippen MR) is 71.0 cm³/mol. The molecule has 0 saturated heterocycles. The van der Waals surface area contributed by atoms with Crippen molar-refractivity contribution in [3.05, 3.63) is 29.8 Å². The van der Waals surface area contributed by atoms with Crippen molar-refractivity contribution in [2.45, 2.75) is 17.7 Å². The van der Waals surface area contributed by atoms with Gasteiger partial charge in [0.15, 0.2) is 0 Å². The molecule has 0 aliphatic heterocycles. The first-order valence-corrected chi connectivity index (χ1v) is 7.33. The van der Waals surface area contributed by atoms with E-state index in [9.17, 15) is 13.2 Å². The molecular formula is C12H18N2O4S. The fourth-order valence-electron chi connectivity index (χ4n) is 1.42. The summed E-state index contributed by atoms with van der Waals surface area (Å²) in [6.45, 7) is 0.739. The van der Waals surface area contributed by atoms with E-state index in [2.05, 4.69) is 9.46 Å². The molecule has 1 aromatic carbocycles. The predicted octanol–water partition coefficient (Wildman–Crippen LogP) is 0.0292. The van der Waals surface area contributed by atoms with Gasteiger partial charge in [0.1, 0.15) is 0 Å². The second kappa shape index (κ2) is 7.22. The zero-order valence-electron chi connectivity index (χ0n) is 10.8. The van der Waals surface area contributed by atoms with Crippen molar-refractivity contribution in [3.63, 3.8) is 0 Å². The lowest BCUT2D eigenvalue weighted by Crippen LogP contribution is -2.26. The number of nitrogens with two attached hydrogens (primary N) is 1. The van der Waals surface area contributed by atoms with E-state index >= 15 is 0 Å². The quantitative estimate of drug-likeness (QED) is 0.544. The maximum atomic E-state index is 11.9. The summed E-state index contributed by atoms with van der Waals surface area (Å²) in [5, 5.41) is 0. The molecule has 0 bridgehead atoms. The van der Waals surface area contributed by atoms with E-state index in [0.29, 0.717) is 25.1 Å². The minimum absolute atomic E-state index is 0.122. The van der Waals surface area contributed by atoms with Crippen molar-refractivity contribution in [3.8, 4) is 0 Å². The Kier molecular flexibility index (Phi) is 5.94. The van der Waals surface area contributed by atoms with Crippen LogP contribution in [0.15, 0.2) is 29.2 Å². The van der Waals surface area contributed by atoms with Crippen molar-refractivity contribution in [2.75, 3.05) is 20.2 Å². The third-order valence-corrected chi connectivity index (χ3v) is 3.96. The second-order valence-electron chi connectivity index (χ2n) is 3.94. The highest BCUT2D eigenvalue weighted by molar-refractivity contribution is 7.89. The van der Waals surface area contributed by atoms with E-state index in [1.807, 2.05) is 0 Å². The van der Waals surface area contributed by atoms with Gasteiger partial charge >= 0.3 is 5.97 Å². The van der Waals surface area contributed by atoms with Gasteiger partial charge in [-0.1, -0.05) is 12.1 Å². The average Bonchev–Trinajstić information content (AvgIpc) is 2.39. The molecule has 3 N–H and O–H groups in total. The summed E-state index contributed by atoms with van der Waals surface area (Å²) >= 11 is 0. The Bertz CT molecular complexity index is 511. The van der Waals surface area contributed by atoms with Gasteiger partial charge in [0.05, 0.1) is 18.4 Å². The second-order valence-corrected chi connectivity index (χ2v) is 5.70. The van der Waals surface area contributed by atoms with Gasteiger partial charge in [-0.2, -0.15) is 0 Å². The van der Waals surface area contributed by atoms with E-state index in [1.165, 1.54) is 19.2 Å². The van der Waals surface area contributed by atoms with Gasteiger partial charge in [0, 0.05) is 6.54 Å². The molecule has 0 radical (unpaired) electrons. The number of methoxy groups -OCH3 is 1. The van der Waals surface area contributed by atoms with Gasteiger partial charge in [0.2, 0.25) is 10.0 Å². The third kappa shape index (κ3) is 4.98. The van der Waals surface area contributed by atoms with Crippen LogP contribution in [0.4, 0.5) is 0 Å². The standard InChI is InChI=1S/C12H18N2O4S/c1-18-12(15)9-10-3-5-11(6-4-10)19(16,17)14-8-2-7-13/h3-6,14H,2,7-9,13H2,1H3. The topological polar surface area (TPSA) is 98.5 Å². The number of sulfonamides is 1. The first-order valence-electron chi connectivity index (χ1n) is 5.85. The van der Waals surface area contributed by atoms with Gasteiger partial charge in [0.25, 0.3) is 0 Å². The summed E-state index contributed by atoms with van der Waals surface area (Å²) < 4.78 is 30.7. The molecule has 0 unspecified atom stereocenters. The number of benzene rings is 1. The van der Waals surface area contributed by atoms with Crippen LogP contribution in [-0.4, -0.2) is 34.6 Å². The molecular weight excluding hydrogens is 268 g/mol. The van der Waals surface area contributed by atoms with Crippen LogP contribution in [0, 0.1) is 0 Å². The fraction of sp³-hybridized carbons (Fsp3) is 0.417. The summed E-state index contributed by atoms with van der Waals surface area (Å²) in [7, 11) is -2.20. The highest BCUT2D eigenvalue weighted by atomic mass is 32.2. The minimum Gasteiger partial charge on any atom is -0.469 e. The van der Waals surface area contributed by atoms with Crippen molar-refractivity contribution >= 4 is 16.0 Å². The highest BCUT2D eigenvalue weighted by Crippen LogP contribution is 2.11. The molecule has 1 aromatic rings. The zero-order chi connectivity index (χ0) is 14.3. The molecule has 0 saturated carbocycles. The zero-order valence-corrected chi connectivity index (χ0v) is 11.6. The van der Waals surface area contributed by atoms with Crippen LogP contribution in [-0.2, 0) is 26.0 Å². The minimum atomic E-state index is -3.51. The number of carbonyl (C=O) groups excluding carboxylic acids is 1. The Morgan fingerprint density at radius 2 is 1.95 bits per heavy atom. The largest absolute Gasteiger partial charge is 0.469 e. The third-order valence-electron chi connectivity index (χ3n) is 2.48. The Labute approximate surface area is 113 Å². The van der Waals surface area contributed by atoms with Gasteiger partial charge in [-0.05, 0) is 30.7 Å². The van der Waals surface area contributed by atoms with E-state index in [0.717, 1.165) is 0 Å². The van der Waals surface area contributed by atoms with Gasteiger partial charge in [-0.15, -0.1) is 0 Å². The lowest BCUT2D eigenvalue weighted by atomic mass is 10.2. The van der Waals surface area contributed by atoms with Crippen molar-refractivity contribution < 1.29 is 17.9 Å². The number of carbonyl (C=O) groups is 1. The Hall–Kier alpha value is -1.44. The maximum Gasteiger partial charge on any atom is 0.309 e. The van der Waals surface area contributed by atoms with Gasteiger partial charge in [-0.25, -0.2) is 13.1 Å². The van der Waals surface area contributed by atoms with Crippen LogP contribution in [0.1, 0.15) is 12.0 Å². The number of esters is 1. The Morgan fingerprint density at radius 3 is 2.47 bits per heavy atom. The molecule has 7 heteroatoms. The molecule has 0 fully saturated rings. The van der Waals surface area contributed by atoms with Gasteiger partial charge in [-0.3, -0.25) is 4.79 Å².